The smallest absolute Gasteiger partial charge is 0.224 e. The van der Waals surface area contributed by atoms with E-state index in [1.54, 1.807) is 6.07 Å². The predicted molar refractivity (Wildman–Crippen MR) is 79.0 cm³/mol. The van der Waals surface area contributed by atoms with Crippen LogP contribution in [-0.4, -0.2) is 29.9 Å². The first-order valence-corrected chi connectivity index (χ1v) is 7.09. The SMILES string of the molecule is CCN(CCCC(=O)Nc1ccccc1N)C1CC1. The van der Waals surface area contributed by atoms with Gasteiger partial charge in [0, 0.05) is 12.5 Å². The van der Waals surface area contributed by atoms with Gasteiger partial charge in [-0.1, -0.05) is 19.1 Å². The summed E-state index contributed by atoms with van der Waals surface area (Å²) in [6, 6.07) is 8.13. The van der Waals surface area contributed by atoms with E-state index in [0.29, 0.717) is 17.8 Å². The fourth-order valence-corrected chi connectivity index (χ4v) is 2.30. The molecule has 1 amide bonds. The average Bonchev–Trinajstić information content (AvgIpc) is 3.22. The van der Waals surface area contributed by atoms with Crippen molar-refractivity contribution < 1.29 is 4.79 Å². The predicted octanol–water partition coefficient (Wildman–Crippen LogP) is 2.47. The molecule has 1 aromatic rings. The molecule has 0 aromatic heterocycles. The Hall–Kier alpha value is -1.55. The van der Waals surface area contributed by atoms with Gasteiger partial charge >= 0.3 is 0 Å². The first-order valence-electron chi connectivity index (χ1n) is 7.09. The second-order valence-electron chi connectivity index (χ2n) is 5.10. The lowest BCUT2D eigenvalue weighted by molar-refractivity contribution is -0.116. The lowest BCUT2D eigenvalue weighted by Crippen LogP contribution is -2.27. The van der Waals surface area contributed by atoms with Gasteiger partial charge in [-0.15, -0.1) is 0 Å². The van der Waals surface area contributed by atoms with E-state index in [2.05, 4.69) is 17.1 Å². The highest BCUT2D eigenvalue weighted by atomic mass is 16.1. The van der Waals surface area contributed by atoms with Crippen molar-refractivity contribution in [2.45, 2.75) is 38.6 Å². The summed E-state index contributed by atoms with van der Waals surface area (Å²) >= 11 is 0. The van der Waals surface area contributed by atoms with Crippen LogP contribution in [-0.2, 0) is 4.79 Å². The van der Waals surface area contributed by atoms with Gasteiger partial charge in [0.05, 0.1) is 11.4 Å². The van der Waals surface area contributed by atoms with Crippen LogP contribution in [0.2, 0.25) is 0 Å². The molecule has 0 bridgehead atoms. The molecule has 0 atom stereocenters. The summed E-state index contributed by atoms with van der Waals surface area (Å²) in [6.07, 6.45) is 4.10. The van der Waals surface area contributed by atoms with E-state index in [-0.39, 0.29) is 5.91 Å². The number of benzene rings is 1. The van der Waals surface area contributed by atoms with Crippen molar-refractivity contribution >= 4 is 17.3 Å². The molecule has 2 rings (SSSR count). The number of carbonyl (C=O) groups excluding carboxylic acids is 1. The zero-order valence-corrected chi connectivity index (χ0v) is 11.6. The number of anilines is 2. The lowest BCUT2D eigenvalue weighted by atomic mass is 10.2. The van der Waals surface area contributed by atoms with Crippen molar-refractivity contribution in [3.63, 3.8) is 0 Å². The van der Waals surface area contributed by atoms with E-state index < -0.39 is 0 Å². The van der Waals surface area contributed by atoms with Gasteiger partial charge in [0.2, 0.25) is 5.91 Å². The van der Waals surface area contributed by atoms with Gasteiger partial charge in [-0.05, 0) is 44.5 Å². The van der Waals surface area contributed by atoms with Crippen LogP contribution in [0.5, 0.6) is 0 Å². The van der Waals surface area contributed by atoms with Crippen molar-refractivity contribution in [1.29, 1.82) is 0 Å². The summed E-state index contributed by atoms with van der Waals surface area (Å²) in [5.41, 5.74) is 7.12. The Balaban J connectivity index is 1.71. The van der Waals surface area contributed by atoms with Crippen LogP contribution < -0.4 is 11.1 Å². The molecule has 0 radical (unpaired) electrons. The Bertz CT molecular complexity index is 429. The van der Waals surface area contributed by atoms with E-state index in [4.69, 9.17) is 5.73 Å². The molecular weight excluding hydrogens is 238 g/mol. The summed E-state index contributed by atoms with van der Waals surface area (Å²) in [5.74, 6) is 0.0461. The molecule has 4 nitrogen and oxygen atoms in total. The number of carbonyl (C=O) groups is 1. The minimum absolute atomic E-state index is 0.0461. The monoisotopic (exact) mass is 261 g/mol. The van der Waals surface area contributed by atoms with Crippen LogP contribution in [0.4, 0.5) is 11.4 Å². The largest absolute Gasteiger partial charge is 0.397 e. The van der Waals surface area contributed by atoms with E-state index in [9.17, 15) is 4.79 Å². The van der Waals surface area contributed by atoms with Gasteiger partial charge in [0.25, 0.3) is 0 Å². The summed E-state index contributed by atoms with van der Waals surface area (Å²) in [4.78, 5) is 14.3. The van der Waals surface area contributed by atoms with E-state index in [0.717, 1.165) is 25.6 Å². The Labute approximate surface area is 115 Å². The van der Waals surface area contributed by atoms with Gasteiger partial charge in [-0.2, -0.15) is 0 Å². The van der Waals surface area contributed by atoms with Crippen LogP contribution in [0.25, 0.3) is 0 Å². The Morgan fingerprint density at radius 3 is 2.79 bits per heavy atom. The number of nitrogens with zero attached hydrogens (tertiary/aromatic N) is 1. The number of nitrogens with two attached hydrogens (primary N) is 1. The molecule has 1 fully saturated rings. The maximum atomic E-state index is 11.8. The topological polar surface area (TPSA) is 58.4 Å². The van der Waals surface area contributed by atoms with Gasteiger partial charge in [0.15, 0.2) is 0 Å². The van der Waals surface area contributed by atoms with Crippen molar-refractivity contribution in [1.82, 2.24) is 4.90 Å². The van der Waals surface area contributed by atoms with Crippen LogP contribution in [0.15, 0.2) is 24.3 Å². The average molecular weight is 261 g/mol. The second kappa shape index (κ2) is 6.57. The molecule has 3 N–H and O–H groups in total. The molecule has 0 spiro atoms. The number of hydrogen-bond donors (Lipinski definition) is 2. The van der Waals surface area contributed by atoms with Crippen molar-refractivity contribution in [2.24, 2.45) is 0 Å². The number of nitrogen functional groups attached to an aromatic ring is 1. The van der Waals surface area contributed by atoms with Crippen molar-refractivity contribution in [3.05, 3.63) is 24.3 Å². The van der Waals surface area contributed by atoms with E-state index in [1.807, 2.05) is 18.2 Å². The molecule has 1 aromatic carbocycles. The normalized spacial score (nSPS) is 14.6. The highest BCUT2D eigenvalue weighted by Crippen LogP contribution is 2.26. The molecule has 19 heavy (non-hydrogen) atoms. The van der Waals surface area contributed by atoms with Gasteiger partial charge < -0.3 is 16.0 Å². The maximum absolute atomic E-state index is 11.8. The number of nitrogens with one attached hydrogen (secondary N) is 1. The lowest BCUT2D eigenvalue weighted by Gasteiger charge is -2.19. The van der Waals surface area contributed by atoms with Crippen LogP contribution >= 0.6 is 0 Å². The van der Waals surface area contributed by atoms with E-state index >= 15 is 0 Å². The number of amides is 1. The molecule has 0 aliphatic heterocycles. The van der Waals surface area contributed by atoms with Gasteiger partial charge in [0.1, 0.15) is 0 Å². The standard InChI is InChI=1S/C15H23N3O/c1-2-18(12-9-10-12)11-5-8-15(19)17-14-7-4-3-6-13(14)16/h3-4,6-7,12H,2,5,8-11,16H2,1H3,(H,17,19). The third-order valence-corrected chi connectivity index (χ3v) is 3.55. The molecule has 4 heteroatoms. The Morgan fingerprint density at radius 2 is 2.16 bits per heavy atom. The van der Waals surface area contributed by atoms with Crippen LogP contribution in [0.3, 0.4) is 0 Å². The van der Waals surface area contributed by atoms with Gasteiger partial charge in [-0.3, -0.25) is 4.79 Å². The molecule has 1 aliphatic carbocycles. The Morgan fingerprint density at radius 1 is 1.42 bits per heavy atom. The summed E-state index contributed by atoms with van der Waals surface area (Å²) < 4.78 is 0. The summed E-state index contributed by atoms with van der Waals surface area (Å²) in [5, 5.41) is 2.86. The fourth-order valence-electron chi connectivity index (χ4n) is 2.30. The quantitative estimate of drug-likeness (QED) is 0.741. The number of hydrogen-bond acceptors (Lipinski definition) is 3. The van der Waals surface area contributed by atoms with Crippen LogP contribution in [0, 0.1) is 0 Å². The summed E-state index contributed by atoms with van der Waals surface area (Å²) in [6.45, 7) is 4.28. The third kappa shape index (κ3) is 4.24. The number of rotatable bonds is 7. The first kappa shape index (κ1) is 13.9. The zero-order valence-electron chi connectivity index (χ0n) is 11.6. The molecule has 0 saturated heterocycles. The highest BCUT2D eigenvalue weighted by molar-refractivity contribution is 5.93. The van der Waals surface area contributed by atoms with Crippen molar-refractivity contribution in [3.8, 4) is 0 Å². The first-order chi connectivity index (χ1) is 9.20. The molecule has 0 unspecified atom stereocenters. The second-order valence-corrected chi connectivity index (χ2v) is 5.10. The van der Waals surface area contributed by atoms with Gasteiger partial charge in [-0.25, -0.2) is 0 Å². The Kier molecular flexibility index (Phi) is 4.80. The minimum Gasteiger partial charge on any atom is -0.397 e. The number of para-hydroxylation sites is 2. The van der Waals surface area contributed by atoms with E-state index in [1.165, 1.54) is 12.8 Å². The molecule has 0 heterocycles. The van der Waals surface area contributed by atoms with Crippen molar-refractivity contribution in [2.75, 3.05) is 24.1 Å². The van der Waals surface area contributed by atoms with Crippen LogP contribution in [0.1, 0.15) is 32.6 Å². The third-order valence-electron chi connectivity index (χ3n) is 3.55. The zero-order chi connectivity index (χ0) is 13.7. The molecular formula is C15H23N3O. The summed E-state index contributed by atoms with van der Waals surface area (Å²) in [7, 11) is 0. The minimum atomic E-state index is 0.0461. The molecule has 1 aliphatic rings. The molecule has 104 valence electrons. The maximum Gasteiger partial charge on any atom is 0.224 e. The highest BCUT2D eigenvalue weighted by Gasteiger charge is 2.27. The molecule has 1 saturated carbocycles. The fraction of sp³-hybridized carbons (Fsp3) is 0.533.